The number of carbonyl (C=O) groups is 1. The summed E-state index contributed by atoms with van der Waals surface area (Å²) in [6, 6.07) is 21.0. The van der Waals surface area contributed by atoms with E-state index in [2.05, 4.69) is 20.3 Å². The molecule has 0 saturated carbocycles. The number of nitro groups is 1. The summed E-state index contributed by atoms with van der Waals surface area (Å²) >= 11 is 0. The molecule has 4 N–H and O–H groups in total. The number of benzene rings is 3. The molecule has 2 aromatic heterocycles. The fourth-order valence-electron chi connectivity index (χ4n) is 3.92. The monoisotopic (exact) mass is 480 g/mol. The van der Waals surface area contributed by atoms with Crippen LogP contribution in [0.5, 0.6) is 5.88 Å². The van der Waals surface area contributed by atoms with Crippen LogP contribution in [0.4, 0.5) is 17.3 Å². The van der Waals surface area contributed by atoms with Crippen molar-refractivity contribution in [2.45, 2.75) is 6.92 Å². The van der Waals surface area contributed by atoms with E-state index < -0.39 is 4.92 Å². The Morgan fingerprint density at radius 2 is 1.81 bits per heavy atom. The minimum absolute atomic E-state index is 0.0855. The Morgan fingerprint density at radius 1 is 1.06 bits per heavy atom. The molecule has 3 aromatic carbocycles. The number of hydrogen-bond acceptors (Lipinski definition) is 6. The number of non-ortho nitro benzene ring substituents is 1. The summed E-state index contributed by atoms with van der Waals surface area (Å²) in [5.74, 6) is 0.00226. The molecule has 0 aliphatic heterocycles. The standard InChI is InChI=1S/C26H20N6O4/c1-15(33)28-26-27-14-22(31-26)16-7-9-18(10-8-16)29-24(17-5-3-2-4-6-17)23-20-13-19(32(35)36)11-12-21(20)30-25(23)34/h2-14,30,34H,1H3,(H2,27,28,31,33). The molecule has 0 atom stereocenters. The molecule has 0 spiro atoms. The number of nitro benzene ring substituents is 1. The minimum atomic E-state index is -0.474. The second-order valence-corrected chi connectivity index (χ2v) is 8.04. The van der Waals surface area contributed by atoms with Gasteiger partial charge in [0.05, 0.1) is 33.8 Å². The quantitative estimate of drug-likeness (QED) is 0.148. The van der Waals surface area contributed by atoms with Crippen molar-refractivity contribution in [3.8, 4) is 17.1 Å². The molecule has 5 rings (SSSR count). The second kappa shape index (κ2) is 9.18. The summed E-state index contributed by atoms with van der Waals surface area (Å²) in [7, 11) is 0. The number of hydrogen-bond donors (Lipinski definition) is 4. The van der Waals surface area contributed by atoms with Crippen molar-refractivity contribution in [1.82, 2.24) is 15.0 Å². The molecule has 0 fully saturated rings. The number of imidazole rings is 1. The first-order valence-corrected chi connectivity index (χ1v) is 11.0. The Morgan fingerprint density at radius 3 is 2.50 bits per heavy atom. The van der Waals surface area contributed by atoms with Crippen molar-refractivity contribution in [1.29, 1.82) is 0 Å². The van der Waals surface area contributed by atoms with Gasteiger partial charge in [0.15, 0.2) is 5.88 Å². The lowest BCUT2D eigenvalue weighted by atomic mass is 10.0. The van der Waals surface area contributed by atoms with Crippen LogP contribution in [0.25, 0.3) is 22.2 Å². The molecule has 0 bridgehead atoms. The van der Waals surface area contributed by atoms with E-state index in [9.17, 15) is 20.0 Å². The highest BCUT2D eigenvalue weighted by atomic mass is 16.6. The van der Waals surface area contributed by atoms with Crippen LogP contribution in [0.2, 0.25) is 0 Å². The van der Waals surface area contributed by atoms with Gasteiger partial charge < -0.3 is 15.1 Å². The zero-order valence-electron chi connectivity index (χ0n) is 19.0. The van der Waals surface area contributed by atoms with E-state index in [-0.39, 0.29) is 17.5 Å². The average Bonchev–Trinajstić information content (AvgIpc) is 3.46. The maximum absolute atomic E-state index is 11.4. The van der Waals surface area contributed by atoms with E-state index in [4.69, 9.17) is 4.99 Å². The third-order valence-electron chi connectivity index (χ3n) is 5.55. The Hall–Kier alpha value is -5.25. The molecule has 1 amide bonds. The van der Waals surface area contributed by atoms with Crippen LogP contribution in [0.3, 0.4) is 0 Å². The Kier molecular flexibility index (Phi) is 5.75. The smallest absolute Gasteiger partial charge is 0.270 e. The van der Waals surface area contributed by atoms with Gasteiger partial charge in [-0.25, -0.2) is 9.98 Å². The first kappa shape index (κ1) is 22.5. The number of nitrogens with one attached hydrogen (secondary N) is 3. The lowest BCUT2D eigenvalue weighted by molar-refractivity contribution is -0.384. The van der Waals surface area contributed by atoms with E-state index in [1.807, 2.05) is 54.6 Å². The Labute approximate surface area is 204 Å². The van der Waals surface area contributed by atoms with E-state index >= 15 is 0 Å². The summed E-state index contributed by atoms with van der Waals surface area (Å²) in [4.78, 5) is 37.0. The highest BCUT2D eigenvalue weighted by Gasteiger charge is 2.21. The number of anilines is 1. The van der Waals surface area contributed by atoms with Crippen LogP contribution in [0.15, 0.2) is 84.0 Å². The van der Waals surface area contributed by atoms with Crippen molar-refractivity contribution in [3.05, 3.63) is 100 Å². The molecule has 178 valence electrons. The number of H-pyrrole nitrogens is 2. The Bertz CT molecular complexity index is 1620. The number of aromatic hydroxyl groups is 1. The van der Waals surface area contributed by atoms with Gasteiger partial charge in [-0.15, -0.1) is 0 Å². The van der Waals surface area contributed by atoms with E-state index in [1.165, 1.54) is 19.1 Å². The largest absolute Gasteiger partial charge is 0.494 e. The SMILES string of the molecule is CC(=O)Nc1ncc(-c2ccc(N=C(c3ccccc3)c3c(O)[nH]c4ccc([N+](=O)[O-])cc34)cc2)[nH]1. The lowest BCUT2D eigenvalue weighted by Crippen LogP contribution is -2.06. The molecule has 0 saturated heterocycles. The van der Waals surface area contributed by atoms with Gasteiger partial charge in [0.1, 0.15) is 0 Å². The van der Waals surface area contributed by atoms with E-state index in [1.54, 1.807) is 12.3 Å². The molecule has 10 heteroatoms. The van der Waals surface area contributed by atoms with Gasteiger partial charge in [-0.3, -0.25) is 20.2 Å². The van der Waals surface area contributed by atoms with Crippen molar-refractivity contribution >= 4 is 39.8 Å². The first-order valence-electron chi connectivity index (χ1n) is 11.0. The number of amides is 1. The van der Waals surface area contributed by atoms with Gasteiger partial charge in [-0.05, 0) is 23.8 Å². The Balaban J connectivity index is 1.59. The second-order valence-electron chi connectivity index (χ2n) is 8.04. The average molecular weight is 480 g/mol. The maximum atomic E-state index is 11.4. The van der Waals surface area contributed by atoms with Gasteiger partial charge in [-0.2, -0.15) is 0 Å². The van der Waals surface area contributed by atoms with Gasteiger partial charge in [0, 0.05) is 35.5 Å². The number of aromatic nitrogens is 3. The number of fused-ring (bicyclic) bond motifs is 1. The molecule has 36 heavy (non-hydrogen) atoms. The molecule has 5 aromatic rings. The number of nitrogens with zero attached hydrogens (tertiary/aromatic N) is 3. The lowest BCUT2D eigenvalue weighted by Gasteiger charge is -2.08. The maximum Gasteiger partial charge on any atom is 0.270 e. The first-order chi connectivity index (χ1) is 17.4. The third-order valence-corrected chi connectivity index (χ3v) is 5.55. The number of carbonyl (C=O) groups excluding carboxylic acids is 1. The molecule has 0 unspecified atom stereocenters. The van der Waals surface area contributed by atoms with Crippen molar-refractivity contribution in [2.75, 3.05) is 5.32 Å². The summed E-state index contributed by atoms with van der Waals surface area (Å²) in [6.07, 6.45) is 1.62. The van der Waals surface area contributed by atoms with Crippen LogP contribution in [0.1, 0.15) is 18.1 Å². The highest BCUT2D eigenvalue weighted by Crippen LogP contribution is 2.34. The van der Waals surface area contributed by atoms with Crippen LogP contribution in [-0.2, 0) is 4.79 Å². The minimum Gasteiger partial charge on any atom is -0.494 e. The molecule has 10 nitrogen and oxygen atoms in total. The van der Waals surface area contributed by atoms with E-state index in [0.29, 0.717) is 33.8 Å². The molecular formula is C26H20N6O4. The van der Waals surface area contributed by atoms with Crippen molar-refractivity contribution in [2.24, 2.45) is 4.99 Å². The molecule has 0 aliphatic carbocycles. The van der Waals surface area contributed by atoms with Gasteiger partial charge in [-0.1, -0.05) is 42.5 Å². The number of aromatic amines is 2. The van der Waals surface area contributed by atoms with Gasteiger partial charge >= 0.3 is 0 Å². The molecule has 0 radical (unpaired) electrons. The summed E-state index contributed by atoms with van der Waals surface area (Å²) < 4.78 is 0. The van der Waals surface area contributed by atoms with Crippen LogP contribution in [0, 0.1) is 10.1 Å². The predicted molar refractivity (Wildman–Crippen MR) is 137 cm³/mol. The predicted octanol–water partition coefficient (Wildman–Crippen LogP) is 5.30. The normalized spacial score (nSPS) is 11.5. The molecular weight excluding hydrogens is 460 g/mol. The van der Waals surface area contributed by atoms with Crippen molar-refractivity contribution in [3.63, 3.8) is 0 Å². The molecule has 0 aliphatic rings. The zero-order valence-corrected chi connectivity index (χ0v) is 19.0. The fraction of sp³-hybridized carbons (Fsp3) is 0.0385. The third kappa shape index (κ3) is 4.42. The van der Waals surface area contributed by atoms with Crippen LogP contribution in [-0.4, -0.2) is 36.6 Å². The van der Waals surface area contributed by atoms with E-state index in [0.717, 1.165) is 16.8 Å². The van der Waals surface area contributed by atoms with Crippen molar-refractivity contribution < 1.29 is 14.8 Å². The topological polar surface area (TPSA) is 149 Å². The zero-order chi connectivity index (χ0) is 25.2. The van der Waals surface area contributed by atoms with Crippen LogP contribution >= 0.6 is 0 Å². The van der Waals surface area contributed by atoms with Crippen LogP contribution < -0.4 is 5.32 Å². The molecule has 2 heterocycles. The highest BCUT2D eigenvalue weighted by molar-refractivity contribution is 6.22. The number of aliphatic imine (C=N–C) groups is 1. The number of rotatable bonds is 6. The van der Waals surface area contributed by atoms with Gasteiger partial charge in [0.25, 0.3) is 5.69 Å². The summed E-state index contributed by atoms with van der Waals surface area (Å²) in [6.45, 7) is 1.41. The van der Waals surface area contributed by atoms with Gasteiger partial charge in [0.2, 0.25) is 11.9 Å². The fourth-order valence-corrected chi connectivity index (χ4v) is 3.92. The summed E-state index contributed by atoms with van der Waals surface area (Å²) in [5.41, 5.74) is 4.21. The summed E-state index contributed by atoms with van der Waals surface area (Å²) in [5, 5.41) is 25.2.